The summed E-state index contributed by atoms with van der Waals surface area (Å²) in [4.78, 5) is 19.0. The van der Waals surface area contributed by atoms with Gasteiger partial charge in [-0.1, -0.05) is 72.8 Å². The Kier molecular flexibility index (Phi) is 6.84. The number of aromatic nitrogens is 5. The van der Waals surface area contributed by atoms with Crippen molar-refractivity contribution in [2.75, 3.05) is 0 Å². The number of rotatable bonds is 9. The molecule has 6 rings (SSSR count). The number of nitrogens with one attached hydrogen (secondary N) is 1. The van der Waals surface area contributed by atoms with Gasteiger partial charge < -0.3 is 9.40 Å². The van der Waals surface area contributed by atoms with Crippen LogP contribution in [0.25, 0.3) is 10.9 Å². The Bertz CT molecular complexity index is 1730. The first-order valence-corrected chi connectivity index (χ1v) is 12.9. The number of H-pyrrole nitrogens is 1. The van der Waals surface area contributed by atoms with Crippen LogP contribution in [-0.4, -0.2) is 30.1 Å². The van der Waals surface area contributed by atoms with E-state index in [9.17, 15) is 4.79 Å². The third-order valence-corrected chi connectivity index (χ3v) is 6.84. The zero-order valence-corrected chi connectivity index (χ0v) is 21.6. The molecule has 0 amide bonds. The molecule has 8 heteroatoms. The van der Waals surface area contributed by atoms with Crippen LogP contribution in [0.5, 0.6) is 0 Å². The SMILES string of the molecule is Cc1ccc2cc(C(c3nnnn3Cc3ccccc3)N(Cc3ccccc3)Cc3ccco3)c(=O)[nH]c2c1. The van der Waals surface area contributed by atoms with Crippen molar-refractivity contribution >= 4 is 10.9 Å². The summed E-state index contributed by atoms with van der Waals surface area (Å²) < 4.78 is 7.54. The van der Waals surface area contributed by atoms with Gasteiger partial charge in [-0.25, -0.2) is 4.68 Å². The molecule has 8 nitrogen and oxygen atoms in total. The highest BCUT2D eigenvalue weighted by molar-refractivity contribution is 5.79. The van der Waals surface area contributed by atoms with Crippen LogP contribution in [0.1, 0.15) is 39.9 Å². The molecule has 0 saturated heterocycles. The molecule has 0 radical (unpaired) electrons. The van der Waals surface area contributed by atoms with Gasteiger partial charge in [0, 0.05) is 17.6 Å². The maximum Gasteiger partial charge on any atom is 0.253 e. The molecule has 1 unspecified atom stereocenters. The topological polar surface area (TPSA) is 92.8 Å². The molecule has 3 aromatic carbocycles. The largest absolute Gasteiger partial charge is 0.468 e. The van der Waals surface area contributed by atoms with Crippen LogP contribution in [-0.2, 0) is 19.6 Å². The van der Waals surface area contributed by atoms with Crippen LogP contribution in [0.2, 0.25) is 0 Å². The molecular weight excluding hydrogens is 488 g/mol. The Morgan fingerprint density at radius 3 is 2.41 bits per heavy atom. The fourth-order valence-corrected chi connectivity index (χ4v) is 4.97. The van der Waals surface area contributed by atoms with Crippen LogP contribution in [0, 0.1) is 6.92 Å². The molecule has 194 valence electrons. The first-order chi connectivity index (χ1) is 19.1. The number of furan rings is 1. The Balaban J connectivity index is 1.52. The quantitative estimate of drug-likeness (QED) is 0.282. The highest BCUT2D eigenvalue weighted by Crippen LogP contribution is 2.30. The third kappa shape index (κ3) is 5.42. The lowest BCUT2D eigenvalue weighted by atomic mass is 10.0. The molecule has 6 aromatic rings. The van der Waals surface area contributed by atoms with Gasteiger partial charge in [0.05, 0.1) is 19.4 Å². The van der Waals surface area contributed by atoms with E-state index in [-0.39, 0.29) is 5.56 Å². The zero-order chi connectivity index (χ0) is 26.6. The molecule has 0 aliphatic rings. The van der Waals surface area contributed by atoms with Crippen molar-refractivity contribution in [3.63, 3.8) is 0 Å². The highest BCUT2D eigenvalue weighted by atomic mass is 16.3. The third-order valence-electron chi connectivity index (χ3n) is 6.84. The standard InChI is InChI=1S/C31H28N6O2/c1-22-14-15-25-18-27(31(38)32-28(25)17-22)29(30-33-34-35-37(30)20-24-11-6-3-7-12-24)36(21-26-13-8-16-39-26)19-23-9-4-2-5-10-23/h2-18,29H,19-21H2,1H3,(H,32,38). The molecule has 0 bridgehead atoms. The summed E-state index contributed by atoms with van der Waals surface area (Å²) in [5.41, 5.74) is 4.44. The van der Waals surface area contributed by atoms with E-state index < -0.39 is 6.04 Å². The van der Waals surface area contributed by atoms with Gasteiger partial charge in [0.1, 0.15) is 11.8 Å². The predicted molar refractivity (Wildman–Crippen MR) is 149 cm³/mol. The second-order valence-electron chi connectivity index (χ2n) is 9.70. The molecule has 3 heterocycles. The van der Waals surface area contributed by atoms with Gasteiger partial charge in [0.2, 0.25) is 0 Å². The van der Waals surface area contributed by atoms with Gasteiger partial charge in [-0.05, 0) is 63.7 Å². The van der Waals surface area contributed by atoms with E-state index >= 15 is 0 Å². The number of nitrogens with zero attached hydrogens (tertiary/aromatic N) is 5. The molecule has 1 atom stereocenters. The Morgan fingerprint density at radius 2 is 1.67 bits per heavy atom. The first-order valence-electron chi connectivity index (χ1n) is 12.9. The van der Waals surface area contributed by atoms with Crippen molar-refractivity contribution in [2.45, 2.75) is 32.6 Å². The molecule has 0 aliphatic heterocycles. The second kappa shape index (κ2) is 10.9. The first kappa shape index (κ1) is 24.5. The van der Waals surface area contributed by atoms with Gasteiger partial charge in [0.15, 0.2) is 5.82 Å². The average molecular weight is 517 g/mol. The minimum atomic E-state index is -0.552. The van der Waals surface area contributed by atoms with E-state index in [0.717, 1.165) is 33.4 Å². The summed E-state index contributed by atoms with van der Waals surface area (Å²) in [6.07, 6.45) is 1.66. The Labute approximate surface area is 225 Å². The maximum atomic E-state index is 13.7. The number of hydrogen-bond acceptors (Lipinski definition) is 6. The summed E-state index contributed by atoms with van der Waals surface area (Å²) in [5, 5.41) is 13.8. The number of tetrazole rings is 1. The smallest absolute Gasteiger partial charge is 0.253 e. The van der Waals surface area contributed by atoms with Crippen molar-refractivity contribution in [1.82, 2.24) is 30.1 Å². The molecule has 0 aliphatic carbocycles. The molecule has 3 aromatic heterocycles. The van der Waals surface area contributed by atoms with Crippen molar-refractivity contribution < 1.29 is 4.42 Å². The summed E-state index contributed by atoms with van der Waals surface area (Å²) >= 11 is 0. The average Bonchev–Trinajstić information content (AvgIpc) is 3.63. The monoisotopic (exact) mass is 516 g/mol. The Morgan fingerprint density at radius 1 is 0.897 bits per heavy atom. The fraction of sp³-hybridized carbons (Fsp3) is 0.161. The molecule has 0 spiro atoms. The summed E-state index contributed by atoms with van der Waals surface area (Å²) in [5.74, 6) is 1.36. The molecule has 39 heavy (non-hydrogen) atoms. The van der Waals surface area contributed by atoms with Crippen LogP contribution in [0.3, 0.4) is 0 Å². The highest BCUT2D eigenvalue weighted by Gasteiger charge is 2.31. The van der Waals surface area contributed by atoms with Gasteiger partial charge in [-0.15, -0.1) is 5.10 Å². The van der Waals surface area contributed by atoms with Gasteiger partial charge in [-0.3, -0.25) is 9.69 Å². The van der Waals surface area contributed by atoms with Crippen molar-refractivity contribution in [1.29, 1.82) is 0 Å². The normalized spacial score (nSPS) is 12.3. The van der Waals surface area contributed by atoms with Gasteiger partial charge in [-0.2, -0.15) is 0 Å². The van der Waals surface area contributed by atoms with Crippen molar-refractivity contribution in [3.8, 4) is 0 Å². The van der Waals surface area contributed by atoms with Gasteiger partial charge >= 0.3 is 0 Å². The van der Waals surface area contributed by atoms with Crippen molar-refractivity contribution in [2.24, 2.45) is 0 Å². The van der Waals surface area contributed by atoms with E-state index in [1.54, 1.807) is 10.9 Å². The minimum Gasteiger partial charge on any atom is -0.468 e. The summed E-state index contributed by atoms with van der Waals surface area (Å²) in [7, 11) is 0. The molecular formula is C31H28N6O2. The van der Waals surface area contributed by atoms with Crippen LogP contribution < -0.4 is 5.56 Å². The van der Waals surface area contributed by atoms with Crippen LogP contribution in [0.15, 0.2) is 113 Å². The number of aromatic amines is 1. The number of benzene rings is 3. The molecule has 0 saturated carbocycles. The Hall–Kier alpha value is -4.82. The summed E-state index contributed by atoms with van der Waals surface area (Å²) in [6.45, 7) is 3.49. The number of aryl methyl sites for hydroxylation is 1. The van der Waals surface area contributed by atoms with Crippen LogP contribution >= 0.6 is 0 Å². The lowest BCUT2D eigenvalue weighted by Gasteiger charge is -2.30. The van der Waals surface area contributed by atoms with E-state index in [0.29, 0.717) is 31.0 Å². The maximum absolute atomic E-state index is 13.7. The van der Waals surface area contributed by atoms with Gasteiger partial charge in [0.25, 0.3) is 5.56 Å². The van der Waals surface area contributed by atoms with E-state index in [4.69, 9.17) is 4.42 Å². The predicted octanol–water partition coefficient (Wildman–Crippen LogP) is 5.26. The zero-order valence-electron chi connectivity index (χ0n) is 21.6. The number of hydrogen-bond donors (Lipinski definition) is 1. The van der Waals surface area contributed by atoms with E-state index in [1.807, 2.05) is 91.9 Å². The fourth-order valence-electron chi connectivity index (χ4n) is 4.97. The van der Waals surface area contributed by atoms with E-state index in [2.05, 4.69) is 37.5 Å². The van der Waals surface area contributed by atoms with Crippen molar-refractivity contribution in [3.05, 3.63) is 148 Å². The number of pyridine rings is 1. The minimum absolute atomic E-state index is 0.176. The lowest BCUT2D eigenvalue weighted by Crippen LogP contribution is -2.34. The number of fused-ring (bicyclic) bond motifs is 1. The van der Waals surface area contributed by atoms with E-state index in [1.165, 1.54) is 0 Å². The van der Waals surface area contributed by atoms with Crippen LogP contribution in [0.4, 0.5) is 0 Å². The lowest BCUT2D eigenvalue weighted by molar-refractivity contribution is 0.179. The summed E-state index contributed by atoms with van der Waals surface area (Å²) in [6, 6.07) is 31.5. The molecule has 0 fully saturated rings. The second-order valence-corrected chi connectivity index (χ2v) is 9.70. The molecule has 1 N–H and O–H groups in total.